The molecule has 160 valence electrons. The molecule has 0 radical (unpaired) electrons. The third-order valence-corrected chi connectivity index (χ3v) is 7.35. The first kappa shape index (κ1) is 20.6. The minimum absolute atomic E-state index is 0.218. The lowest BCUT2D eigenvalue weighted by molar-refractivity contribution is 0.308. The monoisotopic (exact) mass is 430 g/mol. The second kappa shape index (κ2) is 8.61. The van der Waals surface area contributed by atoms with Gasteiger partial charge in [-0.15, -0.1) is 0 Å². The molecule has 4 rings (SSSR count). The third-order valence-electron chi connectivity index (χ3n) is 5.49. The third kappa shape index (κ3) is 3.99. The summed E-state index contributed by atoms with van der Waals surface area (Å²) in [5, 5.41) is 8.39. The molecule has 1 aliphatic rings. The number of benzene rings is 1. The normalized spacial score (nSPS) is 18.3. The maximum Gasteiger partial charge on any atom is 0.246 e. The highest BCUT2D eigenvalue weighted by Crippen LogP contribution is 2.36. The Bertz CT molecular complexity index is 1090. The molecule has 3 aromatic rings. The van der Waals surface area contributed by atoms with Gasteiger partial charge in [0.05, 0.1) is 19.3 Å². The number of aromatic nitrogens is 3. The zero-order chi connectivity index (χ0) is 21.1. The lowest BCUT2D eigenvalue weighted by Crippen LogP contribution is -2.34. The molecule has 1 saturated heterocycles. The van der Waals surface area contributed by atoms with Crippen molar-refractivity contribution in [2.24, 2.45) is 0 Å². The Morgan fingerprint density at radius 2 is 2.00 bits per heavy atom. The Balaban J connectivity index is 1.66. The number of hydrogen-bond acceptors (Lipinski definition) is 6. The van der Waals surface area contributed by atoms with Crippen molar-refractivity contribution in [1.29, 1.82) is 0 Å². The van der Waals surface area contributed by atoms with Gasteiger partial charge in [-0.2, -0.15) is 9.40 Å². The van der Waals surface area contributed by atoms with E-state index in [2.05, 4.69) is 10.3 Å². The van der Waals surface area contributed by atoms with Crippen molar-refractivity contribution in [3.05, 3.63) is 48.4 Å². The highest BCUT2D eigenvalue weighted by Gasteiger charge is 2.36. The molecule has 0 bridgehead atoms. The van der Waals surface area contributed by atoms with E-state index in [9.17, 15) is 8.42 Å². The molecule has 30 heavy (non-hydrogen) atoms. The Kier molecular flexibility index (Phi) is 5.92. The number of sulfonamides is 1. The van der Waals surface area contributed by atoms with Gasteiger partial charge in [0.25, 0.3) is 0 Å². The molecule has 0 N–H and O–H groups in total. The van der Waals surface area contributed by atoms with Gasteiger partial charge in [0.1, 0.15) is 16.3 Å². The first-order valence-corrected chi connectivity index (χ1v) is 11.6. The summed E-state index contributed by atoms with van der Waals surface area (Å²) in [6.07, 6.45) is 6.46. The molecule has 1 aromatic carbocycles. The highest BCUT2D eigenvalue weighted by molar-refractivity contribution is 7.89. The molecule has 0 amide bonds. The molecule has 0 unspecified atom stereocenters. The van der Waals surface area contributed by atoms with Crippen molar-refractivity contribution < 1.29 is 17.7 Å². The van der Waals surface area contributed by atoms with E-state index < -0.39 is 10.0 Å². The van der Waals surface area contributed by atoms with Crippen LogP contribution in [0, 0.1) is 0 Å². The quantitative estimate of drug-likeness (QED) is 0.590. The van der Waals surface area contributed by atoms with E-state index >= 15 is 0 Å². The van der Waals surface area contributed by atoms with Crippen LogP contribution < -0.4 is 4.74 Å². The van der Waals surface area contributed by atoms with E-state index in [1.54, 1.807) is 22.3 Å². The van der Waals surface area contributed by atoms with Crippen LogP contribution in [0.15, 0.2) is 52.1 Å². The van der Waals surface area contributed by atoms with Crippen LogP contribution in [-0.4, -0.2) is 41.3 Å². The van der Waals surface area contributed by atoms with E-state index in [0.29, 0.717) is 31.0 Å². The Hall–Kier alpha value is -2.65. The van der Waals surface area contributed by atoms with Crippen molar-refractivity contribution in [2.45, 2.75) is 50.1 Å². The molecule has 1 atom stereocenters. The van der Waals surface area contributed by atoms with Crippen LogP contribution in [-0.2, 0) is 16.6 Å². The molecular weight excluding hydrogens is 404 g/mol. The first-order chi connectivity index (χ1) is 14.5. The standard InChI is InChI=1S/C21H26N4O4S/c1-3-24-15-18(14-22-24)30(26,27)25-12-6-4-5-7-20(25)19-13-21(29-23-19)16-8-10-17(28-2)11-9-16/h8-11,13-15,20H,3-7,12H2,1-2H3/t20-/m0/s1. The van der Waals surface area contributed by atoms with Gasteiger partial charge in [0, 0.05) is 30.9 Å². The van der Waals surface area contributed by atoms with Gasteiger partial charge < -0.3 is 9.26 Å². The SMILES string of the molecule is CCn1cc(S(=O)(=O)N2CCCCC[C@H]2c2cc(-c3ccc(OC)cc3)on2)cn1. The summed E-state index contributed by atoms with van der Waals surface area (Å²) in [5.74, 6) is 1.36. The zero-order valence-corrected chi connectivity index (χ0v) is 18.0. The fourth-order valence-corrected chi connectivity index (χ4v) is 5.41. The summed E-state index contributed by atoms with van der Waals surface area (Å²) in [4.78, 5) is 0.218. The number of ether oxygens (including phenoxy) is 1. The van der Waals surface area contributed by atoms with Crippen LogP contribution in [0.3, 0.4) is 0 Å². The van der Waals surface area contributed by atoms with Crippen LogP contribution in [0.4, 0.5) is 0 Å². The summed E-state index contributed by atoms with van der Waals surface area (Å²) in [5.41, 5.74) is 1.50. The average Bonchev–Trinajstić information content (AvgIpc) is 3.39. The lowest BCUT2D eigenvalue weighted by atomic mass is 10.1. The Morgan fingerprint density at radius 1 is 1.20 bits per heavy atom. The van der Waals surface area contributed by atoms with E-state index in [1.165, 1.54) is 6.20 Å². The van der Waals surface area contributed by atoms with Crippen molar-refractivity contribution in [1.82, 2.24) is 19.2 Å². The largest absolute Gasteiger partial charge is 0.497 e. The minimum atomic E-state index is -3.68. The van der Waals surface area contributed by atoms with Crippen LogP contribution in [0.25, 0.3) is 11.3 Å². The maximum atomic E-state index is 13.4. The fourth-order valence-electron chi connectivity index (χ4n) is 3.79. The van der Waals surface area contributed by atoms with Gasteiger partial charge in [0.2, 0.25) is 10.0 Å². The van der Waals surface area contributed by atoms with Crippen LogP contribution in [0.2, 0.25) is 0 Å². The Labute approximate surface area is 176 Å². The summed E-state index contributed by atoms with van der Waals surface area (Å²) in [6, 6.07) is 8.97. The fraction of sp³-hybridized carbons (Fsp3) is 0.429. The molecule has 0 spiro atoms. The zero-order valence-electron chi connectivity index (χ0n) is 17.2. The topological polar surface area (TPSA) is 90.5 Å². The molecule has 3 heterocycles. The van der Waals surface area contributed by atoms with Crippen LogP contribution in [0.5, 0.6) is 5.75 Å². The van der Waals surface area contributed by atoms with E-state index in [0.717, 1.165) is 30.6 Å². The molecule has 2 aromatic heterocycles. The summed E-state index contributed by atoms with van der Waals surface area (Å²) in [6.45, 7) is 3.00. The van der Waals surface area contributed by atoms with E-state index in [1.807, 2.05) is 37.3 Å². The number of hydrogen-bond donors (Lipinski definition) is 0. The number of methoxy groups -OCH3 is 1. The van der Waals surface area contributed by atoms with Gasteiger partial charge in [-0.05, 0) is 44.0 Å². The highest BCUT2D eigenvalue weighted by atomic mass is 32.2. The van der Waals surface area contributed by atoms with Crippen molar-refractivity contribution in [3.63, 3.8) is 0 Å². The second-order valence-corrected chi connectivity index (χ2v) is 9.25. The molecule has 9 heteroatoms. The first-order valence-electron chi connectivity index (χ1n) is 10.2. The smallest absolute Gasteiger partial charge is 0.246 e. The molecule has 0 aliphatic carbocycles. The minimum Gasteiger partial charge on any atom is -0.497 e. The van der Waals surface area contributed by atoms with Gasteiger partial charge in [-0.3, -0.25) is 4.68 Å². The van der Waals surface area contributed by atoms with E-state index in [4.69, 9.17) is 9.26 Å². The second-order valence-electron chi connectivity index (χ2n) is 7.36. The molecule has 1 aliphatic heterocycles. The molecular formula is C21H26N4O4S. The van der Waals surface area contributed by atoms with Gasteiger partial charge in [0.15, 0.2) is 5.76 Å². The van der Waals surface area contributed by atoms with Gasteiger partial charge >= 0.3 is 0 Å². The average molecular weight is 431 g/mol. The van der Waals surface area contributed by atoms with Gasteiger partial charge in [-0.25, -0.2) is 8.42 Å². The molecule has 0 saturated carbocycles. The summed E-state index contributed by atoms with van der Waals surface area (Å²) >= 11 is 0. The summed E-state index contributed by atoms with van der Waals surface area (Å²) in [7, 11) is -2.07. The Morgan fingerprint density at radius 3 is 2.70 bits per heavy atom. The number of rotatable bonds is 6. The van der Waals surface area contributed by atoms with Gasteiger partial charge in [-0.1, -0.05) is 18.0 Å². The predicted molar refractivity (Wildman–Crippen MR) is 111 cm³/mol. The number of nitrogens with zero attached hydrogens (tertiary/aromatic N) is 4. The summed E-state index contributed by atoms with van der Waals surface area (Å²) < 4.78 is 40.8. The van der Waals surface area contributed by atoms with E-state index in [-0.39, 0.29) is 10.9 Å². The van der Waals surface area contributed by atoms with Crippen molar-refractivity contribution in [2.75, 3.05) is 13.7 Å². The number of aryl methyl sites for hydroxylation is 1. The van der Waals surface area contributed by atoms with Crippen LogP contribution >= 0.6 is 0 Å². The lowest BCUT2D eigenvalue weighted by Gasteiger charge is -2.27. The maximum absolute atomic E-state index is 13.4. The van der Waals surface area contributed by atoms with Crippen molar-refractivity contribution >= 4 is 10.0 Å². The molecule has 8 nitrogen and oxygen atoms in total. The van der Waals surface area contributed by atoms with Crippen LogP contribution in [0.1, 0.15) is 44.3 Å². The molecule has 1 fully saturated rings. The van der Waals surface area contributed by atoms with Crippen molar-refractivity contribution in [3.8, 4) is 17.1 Å². The predicted octanol–water partition coefficient (Wildman–Crippen LogP) is 3.87.